The summed E-state index contributed by atoms with van der Waals surface area (Å²) in [6.07, 6.45) is 7.11. The molecule has 1 aromatic heterocycles. The third-order valence-corrected chi connectivity index (χ3v) is 7.16. The van der Waals surface area contributed by atoms with E-state index in [1.807, 2.05) is 24.5 Å². The van der Waals surface area contributed by atoms with E-state index in [2.05, 4.69) is 24.0 Å². The van der Waals surface area contributed by atoms with Gasteiger partial charge in [-0.25, -0.2) is 13.5 Å². The molecule has 1 N–H and O–H groups in total. The molecule has 1 atom stereocenters. The van der Waals surface area contributed by atoms with Crippen LogP contribution in [-0.2, 0) is 24.2 Å². The fraction of sp³-hybridized carbons (Fsp3) is 0.462. The van der Waals surface area contributed by atoms with Crippen molar-refractivity contribution in [1.82, 2.24) is 13.9 Å². The second kappa shape index (κ2) is 12.5. The van der Waals surface area contributed by atoms with Gasteiger partial charge in [0.25, 0.3) is 17.2 Å². The molecule has 3 aromatic rings. The van der Waals surface area contributed by atoms with Crippen molar-refractivity contribution >= 4 is 39.8 Å². The Bertz CT molecular complexity index is 1160. The predicted octanol–water partition coefficient (Wildman–Crippen LogP) is 6.55. The Kier molecular flexibility index (Phi) is 9.68. The maximum Gasteiger partial charge on any atom is 0.267 e. The Morgan fingerprint density at radius 3 is 2.50 bits per heavy atom. The molecule has 1 heterocycles. The summed E-state index contributed by atoms with van der Waals surface area (Å²) in [4.78, 5) is 17.7. The smallest absolute Gasteiger partial charge is 0.267 e. The zero-order valence-electron chi connectivity index (χ0n) is 20.2. The number of unbranched alkanes of at least 4 members (excludes halogenated alkanes) is 4. The highest BCUT2D eigenvalue weighted by molar-refractivity contribution is 7.77. The molecule has 0 radical (unpaired) electrons. The zero-order chi connectivity index (χ0) is 24.7. The first-order chi connectivity index (χ1) is 16.3. The third kappa shape index (κ3) is 6.46. The Hall–Kier alpha value is -2.22. The van der Waals surface area contributed by atoms with Gasteiger partial charge in [0, 0.05) is 17.1 Å². The Balaban J connectivity index is 1.87. The number of carbonyl (C=O) groups is 1. The standard InChI is InChI=1S/C26H34ClN3O3S/c1-4-6-8-10-20-11-12-22(23(27)16-20)18-29-19(3)28-24-14-13-21(17-25(24)29)26(31)30(34(32)33)15-9-7-5-2/h11-14,16-17H,4-10,15,18H2,1-3H3,(H,32,33). The lowest BCUT2D eigenvalue weighted by Gasteiger charge is -2.18. The second-order valence-electron chi connectivity index (χ2n) is 8.68. The molecule has 0 aliphatic heterocycles. The first kappa shape index (κ1) is 26.4. The topological polar surface area (TPSA) is 75.4 Å². The van der Waals surface area contributed by atoms with Gasteiger partial charge in [-0.15, -0.1) is 0 Å². The summed E-state index contributed by atoms with van der Waals surface area (Å²) in [6.45, 7) is 6.94. The van der Waals surface area contributed by atoms with Gasteiger partial charge in [0.2, 0.25) is 0 Å². The number of aromatic nitrogens is 2. The normalized spacial score (nSPS) is 12.3. The fourth-order valence-corrected chi connectivity index (χ4v) is 4.90. The second-order valence-corrected chi connectivity index (χ2v) is 9.99. The number of aryl methyl sites for hydroxylation is 2. The van der Waals surface area contributed by atoms with Crippen LogP contribution in [0.4, 0.5) is 0 Å². The van der Waals surface area contributed by atoms with Gasteiger partial charge in [0.05, 0.1) is 17.6 Å². The third-order valence-electron chi connectivity index (χ3n) is 6.08. The van der Waals surface area contributed by atoms with Crippen LogP contribution in [0.2, 0.25) is 5.02 Å². The van der Waals surface area contributed by atoms with E-state index >= 15 is 0 Å². The monoisotopic (exact) mass is 503 g/mol. The first-order valence-corrected chi connectivity index (χ1v) is 13.5. The minimum Gasteiger partial charge on any atom is -0.324 e. The molecular formula is C26H34ClN3O3S. The van der Waals surface area contributed by atoms with Gasteiger partial charge in [-0.1, -0.05) is 63.3 Å². The molecule has 2 aromatic carbocycles. The molecule has 184 valence electrons. The van der Waals surface area contributed by atoms with E-state index in [0.717, 1.165) is 57.4 Å². The maximum absolute atomic E-state index is 13.0. The lowest BCUT2D eigenvalue weighted by molar-refractivity contribution is 0.0858. The average molecular weight is 504 g/mol. The molecule has 34 heavy (non-hydrogen) atoms. The van der Waals surface area contributed by atoms with E-state index in [1.54, 1.807) is 18.2 Å². The molecule has 0 saturated heterocycles. The number of rotatable bonds is 12. The van der Waals surface area contributed by atoms with E-state index in [1.165, 1.54) is 18.4 Å². The van der Waals surface area contributed by atoms with E-state index in [4.69, 9.17) is 11.6 Å². The molecule has 8 heteroatoms. The summed E-state index contributed by atoms with van der Waals surface area (Å²) < 4.78 is 24.5. The number of halogens is 1. The average Bonchev–Trinajstić information content (AvgIpc) is 3.12. The van der Waals surface area contributed by atoms with E-state index < -0.39 is 17.2 Å². The molecule has 3 rings (SSSR count). The molecule has 1 unspecified atom stereocenters. The zero-order valence-corrected chi connectivity index (χ0v) is 21.8. The highest BCUT2D eigenvalue weighted by atomic mass is 35.5. The largest absolute Gasteiger partial charge is 0.324 e. The summed E-state index contributed by atoms with van der Waals surface area (Å²) >= 11 is 4.26. The summed E-state index contributed by atoms with van der Waals surface area (Å²) in [6, 6.07) is 11.4. The Morgan fingerprint density at radius 1 is 1.09 bits per heavy atom. The molecule has 0 aliphatic rings. The van der Waals surface area contributed by atoms with Gasteiger partial charge in [-0.3, -0.25) is 9.35 Å². The van der Waals surface area contributed by atoms with Crippen LogP contribution in [0.25, 0.3) is 11.0 Å². The molecule has 0 fully saturated rings. The van der Waals surface area contributed by atoms with Crippen LogP contribution >= 0.6 is 11.6 Å². The van der Waals surface area contributed by atoms with E-state index in [0.29, 0.717) is 18.5 Å². The molecule has 1 amide bonds. The number of nitrogens with zero attached hydrogens (tertiary/aromatic N) is 3. The lowest BCUT2D eigenvalue weighted by Crippen LogP contribution is -2.33. The van der Waals surface area contributed by atoms with Crippen LogP contribution in [0.1, 0.15) is 79.7 Å². The van der Waals surface area contributed by atoms with E-state index in [-0.39, 0.29) is 6.54 Å². The molecule has 0 saturated carbocycles. The van der Waals surface area contributed by atoms with E-state index in [9.17, 15) is 13.6 Å². The van der Waals surface area contributed by atoms with Crippen LogP contribution in [0.5, 0.6) is 0 Å². The van der Waals surface area contributed by atoms with Gasteiger partial charge in [0.15, 0.2) is 0 Å². The lowest BCUT2D eigenvalue weighted by atomic mass is 10.1. The van der Waals surface area contributed by atoms with Gasteiger partial charge in [-0.05, 0) is 61.6 Å². The molecule has 0 bridgehead atoms. The van der Waals surface area contributed by atoms with Gasteiger partial charge < -0.3 is 4.57 Å². The predicted molar refractivity (Wildman–Crippen MR) is 140 cm³/mol. The minimum atomic E-state index is -2.37. The van der Waals surface area contributed by atoms with Gasteiger partial charge in [0.1, 0.15) is 5.82 Å². The summed E-state index contributed by atoms with van der Waals surface area (Å²) in [7, 11) is 0. The SMILES string of the molecule is CCCCCc1ccc(Cn2c(C)nc3ccc(C(=O)N(CCCCC)S(=O)O)cc32)c(Cl)c1. The molecule has 0 spiro atoms. The number of carbonyl (C=O) groups excluding carboxylic acids is 1. The van der Waals surface area contributed by atoms with Crippen molar-refractivity contribution in [2.45, 2.75) is 72.3 Å². The van der Waals surface area contributed by atoms with Crippen LogP contribution in [0, 0.1) is 6.92 Å². The minimum absolute atomic E-state index is 0.242. The number of benzene rings is 2. The van der Waals surface area contributed by atoms with Crippen LogP contribution < -0.4 is 0 Å². The summed E-state index contributed by atoms with van der Waals surface area (Å²) in [5, 5.41) is 0.722. The maximum atomic E-state index is 13.0. The van der Waals surface area contributed by atoms with Gasteiger partial charge >= 0.3 is 0 Å². The summed E-state index contributed by atoms with van der Waals surface area (Å²) in [5.74, 6) is 0.354. The van der Waals surface area contributed by atoms with Crippen molar-refractivity contribution in [2.24, 2.45) is 0 Å². The van der Waals surface area contributed by atoms with Crippen molar-refractivity contribution in [2.75, 3.05) is 6.54 Å². The molecule has 6 nitrogen and oxygen atoms in total. The number of fused-ring (bicyclic) bond motifs is 1. The van der Waals surface area contributed by atoms with Crippen molar-refractivity contribution in [3.8, 4) is 0 Å². The number of amides is 1. The molecular weight excluding hydrogens is 470 g/mol. The van der Waals surface area contributed by atoms with Crippen LogP contribution in [-0.4, -0.2) is 35.1 Å². The summed E-state index contributed by atoms with van der Waals surface area (Å²) in [5.41, 5.74) is 4.15. The Morgan fingerprint density at radius 2 is 1.82 bits per heavy atom. The fourth-order valence-electron chi connectivity index (χ4n) is 4.10. The highest BCUT2D eigenvalue weighted by Gasteiger charge is 2.21. The Labute approximate surface area is 209 Å². The number of hydrogen-bond donors (Lipinski definition) is 1. The highest BCUT2D eigenvalue weighted by Crippen LogP contribution is 2.25. The number of imidazole rings is 1. The quantitative estimate of drug-likeness (QED) is 0.224. The van der Waals surface area contributed by atoms with Crippen LogP contribution in [0.15, 0.2) is 36.4 Å². The van der Waals surface area contributed by atoms with Crippen molar-refractivity contribution in [3.63, 3.8) is 0 Å². The van der Waals surface area contributed by atoms with Crippen molar-refractivity contribution < 1.29 is 13.6 Å². The van der Waals surface area contributed by atoms with Crippen molar-refractivity contribution in [1.29, 1.82) is 0 Å². The molecule has 0 aliphatic carbocycles. The number of hydrogen-bond acceptors (Lipinski definition) is 3. The van der Waals surface area contributed by atoms with Gasteiger partial charge in [-0.2, -0.15) is 0 Å². The first-order valence-electron chi connectivity index (χ1n) is 12.0. The van der Waals surface area contributed by atoms with Crippen LogP contribution in [0.3, 0.4) is 0 Å². The van der Waals surface area contributed by atoms with Crippen molar-refractivity contribution in [3.05, 3.63) is 63.9 Å².